The molecule has 0 atom stereocenters. The first-order valence-electron chi connectivity index (χ1n) is 8.25. The van der Waals surface area contributed by atoms with Gasteiger partial charge in [0.25, 0.3) is 0 Å². The number of benzene rings is 1. The summed E-state index contributed by atoms with van der Waals surface area (Å²) in [7, 11) is 0. The first-order chi connectivity index (χ1) is 12.1. The van der Waals surface area contributed by atoms with Crippen LogP contribution in [0.4, 0.5) is 5.13 Å². The van der Waals surface area contributed by atoms with Crippen molar-refractivity contribution in [2.24, 2.45) is 5.10 Å². The van der Waals surface area contributed by atoms with Crippen LogP contribution in [0.3, 0.4) is 0 Å². The van der Waals surface area contributed by atoms with Crippen molar-refractivity contribution >= 4 is 28.7 Å². The van der Waals surface area contributed by atoms with Crippen LogP contribution in [-0.4, -0.2) is 30.4 Å². The van der Waals surface area contributed by atoms with Gasteiger partial charge in [0.1, 0.15) is 5.75 Å². The van der Waals surface area contributed by atoms with Gasteiger partial charge in [-0.1, -0.05) is 18.6 Å². The van der Waals surface area contributed by atoms with Gasteiger partial charge in [-0.05, 0) is 32.4 Å². The van der Waals surface area contributed by atoms with Crippen molar-refractivity contribution in [1.82, 2.24) is 4.98 Å². The maximum atomic E-state index is 11.5. The first kappa shape index (κ1) is 18.9. The Balaban J connectivity index is 1.98. The normalized spacial score (nSPS) is 10.8. The second-order valence-corrected chi connectivity index (χ2v) is 6.24. The molecule has 0 saturated carbocycles. The lowest BCUT2D eigenvalue weighted by Crippen LogP contribution is -2.07. The van der Waals surface area contributed by atoms with E-state index < -0.39 is 0 Å². The molecule has 2 aromatic rings. The van der Waals surface area contributed by atoms with E-state index in [0.717, 1.165) is 23.3 Å². The molecule has 1 N–H and O–H groups in total. The highest BCUT2D eigenvalue weighted by Gasteiger charge is 2.08. The number of anilines is 1. The molecule has 25 heavy (non-hydrogen) atoms. The first-order valence-corrected chi connectivity index (χ1v) is 9.12. The molecule has 0 aliphatic carbocycles. The van der Waals surface area contributed by atoms with E-state index >= 15 is 0 Å². The Labute approximate surface area is 151 Å². The highest BCUT2D eigenvalue weighted by atomic mass is 32.1. The molecule has 0 radical (unpaired) electrons. The largest absolute Gasteiger partial charge is 0.493 e. The van der Waals surface area contributed by atoms with Crippen LogP contribution in [0.2, 0.25) is 0 Å². The number of carbonyl (C=O) groups excluding carboxylic acids is 1. The molecule has 0 fully saturated rings. The number of aromatic nitrogens is 1. The quantitative estimate of drug-likeness (QED) is 0.418. The third kappa shape index (κ3) is 6.19. The van der Waals surface area contributed by atoms with E-state index in [1.165, 1.54) is 11.3 Å². The molecule has 134 valence electrons. The summed E-state index contributed by atoms with van der Waals surface area (Å²) < 4.78 is 10.6. The third-order valence-corrected chi connectivity index (χ3v) is 3.97. The fourth-order valence-electron chi connectivity index (χ4n) is 2.07. The highest BCUT2D eigenvalue weighted by Crippen LogP contribution is 2.19. The molecule has 1 aromatic carbocycles. The van der Waals surface area contributed by atoms with Crippen LogP contribution in [0.15, 0.2) is 28.7 Å². The average Bonchev–Trinajstić information content (AvgIpc) is 3.01. The number of rotatable bonds is 9. The fraction of sp³-hybridized carbons (Fsp3) is 0.389. The lowest BCUT2D eigenvalue weighted by molar-refractivity contribution is -0.142. The van der Waals surface area contributed by atoms with Crippen LogP contribution >= 0.6 is 11.3 Å². The van der Waals surface area contributed by atoms with Gasteiger partial charge in [-0.2, -0.15) is 5.10 Å². The van der Waals surface area contributed by atoms with E-state index in [1.807, 2.05) is 30.5 Å². The maximum absolute atomic E-state index is 11.5. The van der Waals surface area contributed by atoms with Crippen LogP contribution < -0.4 is 10.2 Å². The van der Waals surface area contributed by atoms with Gasteiger partial charge in [-0.25, -0.2) is 4.98 Å². The second-order valence-electron chi connectivity index (χ2n) is 5.39. The molecule has 0 spiro atoms. The number of nitrogens with zero attached hydrogens (tertiary/aromatic N) is 2. The molecule has 0 unspecified atom stereocenters. The lowest BCUT2D eigenvalue weighted by Gasteiger charge is -2.08. The smallest absolute Gasteiger partial charge is 0.311 e. The van der Waals surface area contributed by atoms with Crippen molar-refractivity contribution < 1.29 is 14.3 Å². The van der Waals surface area contributed by atoms with Gasteiger partial charge in [-0.3, -0.25) is 10.2 Å². The molecule has 1 heterocycles. The molecule has 7 heteroatoms. The van der Waals surface area contributed by atoms with E-state index in [4.69, 9.17) is 9.47 Å². The van der Waals surface area contributed by atoms with Gasteiger partial charge in [0.15, 0.2) is 0 Å². The third-order valence-electron chi connectivity index (χ3n) is 3.17. The van der Waals surface area contributed by atoms with Gasteiger partial charge in [0, 0.05) is 10.9 Å². The lowest BCUT2D eigenvalue weighted by atomic mass is 10.1. The number of nitrogens with one attached hydrogen (secondary N) is 1. The molecule has 2 rings (SSSR count). The molecule has 6 nitrogen and oxygen atoms in total. The minimum atomic E-state index is -0.277. The van der Waals surface area contributed by atoms with E-state index in [9.17, 15) is 4.79 Å². The molecule has 1 aromatic heterocycles. The van der Waals surface area contributed by atoms with E-state index in [1.54, 1.807) is 13.1 Å². The minimum Gasteiger partial charge on any atom is -0.493 e. The van der Waals surface area contributed by atoms with Gasteiger partial charge >= 0.3 is 5.97 Å². The zero-order valence-electron chi connectivity index (χ0n) is 14.7. The van der Waals surface area contributed by atoms with Crippen LogP contribution in [0, 0.1) is 6.92 Å². The maximum Gasteiger partial charge on any atom is 0.311 e. The Morgan fingerprint density at radius 2 is 2.24 bits per heavy atom. The Morgan fingerprint density at radius 1 is 1.40 bits per heavy atom. The zero-order valence-corrected chi connectivity index (χ0v) is 15.6. The van der Waals surface area contributed by atoms with Crippen LogP contribution in [0.25, 0.3) is 0 Å². The number of esters is 1. The van der Waals surface area contributed by atoms with Crippen LogP contribution in [0.5, 0.6) is 5.75 Å². The van der Waals surface area contributed by atoms with Crippen molar-refractivity contribution in [1.29, 1.82) is 0 Å². The number of thiazole rings is 1. The molecule has 0 bridgehead atoms. The SMILES string of the molecule is CCCOc1ccc(C)cc1C=NNc1nc(CC(=O)OCC)cs1. The summed E-state index contributed by atoms with van der Waals surface area (Å²) in [6.45, 7) is 6.92. The molecule has 0 aliphatic rings. The topological polar surface area (TPSA) is 72.8 Å². The Bertz CT molecular complexity index is 728. The van der Waals surface area contributed by atoms with Crippen molar-refractivity contribution in [3.63, 3.8) is 0 Å². The minimum absolute atomic E-state index is 0.169. The number of hydrazone groups is 1. The van der Waals surface area contributed by atoms with Gasteiger partial charge in [0.2, 0.25) is 5.13 Å². The number of hydrogen-bond donors (Lipinski definition) is 1. The number of ether oxygens (including phenoxy) is 2. The monoisotopic (exact) mass is 361 g/mol. The average molecular weight is 361 g/mol. The standard InChI is InChI=1S/C18H23N3O3S/c1-4-8-24-16-7-6-13(3)9-14(16)11-19-21-18-20-15(12-25-18)10-17(22)23-5-2/h6-7,9,11-12H,4-5,8,10H2,1-3H3,(H,20,21). The van der Waals surface area contributed by atoms with Crippen LogP contribution in [0.1, 0.15) is 37.1 Å². The Hall–Kier alpha value is -2.41. The summed E-state index contributed by atoms with van der Waals surface area (Å²) in [5.41, 5.74) is 5.60. The predicted molar refractivity (Wildman–Crippen MR) is 101 cm³/mol. The van der Waals surface area contributed by atoms with Gasteiger partial charge < -0.3 is 9.47 Å². The van der Waals surface area contributed by atoms with E-state index in [2.05, 4.69) is 22.4 Å². The number of carbonyl (C=O) groups is 1. The zero-order chi connectivity index (χ0) is 18.1. The van der Waals surface area contributed by atoms with Crippen molar-refractivity contribution in [3.8, 4) is 5.75 Å². The predicted octanol–water partition coefficient (Wildman–Crippen LogP) is 3.79. The van der Waals surface area contributed by atoms with Gasteiger partial charge in [-0.15, -0.1) is 11.3 Å². The van der Waals surface area contributed by atoms with Crippen molar-refractivity contribution in [2.75, 3.05) is 18.6 Å². The fourth-order valence-corrected chi connectivity index (χ4v) is 2.73. The number of aryl methyl sites for hydroxylation is 1. The van der Waals surface area contributed by atoms with Crippen molar-refractivity contribution in [2.45, 2.75) is 33.6 Å². The second kappa shape index (κ2) is 9.78. The van der Waals surface area contributed by atoms with E-state index in [0.29, 0.717) is 24.0 Å². The summed E-state index contributed by atoms with van der Waals surface area (Å²) in [5, 5.41) is 6.67. The van der Waals surface area contributed by atoms with Crippen molar-refractivity contribution in [3.05, 3.63) is 40.4 Å². The summed E-state index contributed by atoms with van der Waals surface area (Å²) >= 11 is 1.39. The number of hydrogen-bond acceptors (Lipinski definition) is 7. The van der Waals surface area contributed by atoms with E-state index in [-0.39, 0.29) is 12.4 Å². The van der Waals surface area contributed by atoms with Gasteiger partial charge in [0.05, 0.1) is 31.5 Å². The van der Waals surface area contributed by atoms with Crippen LogP contribution in [-0.2, 0) is 16.0 Å². The summed E-state index contributed by atoms with van der Waals surface area (Å²) in [6, 6.07) is 5.98. The summed E-state index contributed by atoms with van der Waals surface area (Å²) in [5.74, 6) is 0.528. The Morgan fingerprint density at radius 3 is 3.00 bits per heavy atom. The summed E-state index contributed by atoms with van der Waals surface area (Å²) in [4.78, 5) is 15.8. The molecule has 0 aliphatic heterocycles. The molecule has 0 amide bonds. The molecule has 0 saturated heterocycles. The molecular weight excluding hydrogens is 338 g/mol. The Kier molecular flexibility index (Phi) is 7.40. The summed E-state index contributed by atoms with van der Waals surface area (Å²) in [6.07, 6.45) is 2.83. The molecular formula is C18H23N3O3S. The highest BCUT2D eigenvalue weighted by molar-refractivity contribution is 7.13.